The fourth-order valence-electron chi connectivity index (χ4n) is 1.60. The quantitative estimate of drug-likeness (QED) is 0.537. The highest BCUT2D eigenvalue weighted by Gasteiger charge is 2.03. The maximum absolute atomic E-state index is 5.49. The third kappa shape index (κ3) is 4.53. The summed E-state index contributed by atoms with van der Waals surface area (Å²) in [5.74, 6) is 5.23. The molecule has 0 heterocycles. The Balaban J connectivity index is 2.63. The maximum atomic E-state index is 5.49. The molecule has 0 aromatic heterocycles. The molecule has 1 rings (SSSR count). The van der Waals surface area contributed by atoms with Crippen LogP contribution in [-0.2, 0) is 11.3 Å². The summed E-state index contributed by atoms with van der Waals surface area (Å²) in [6.07, 6.45) is 11.7. The topological polar surface area (TPSA) is 12.5 Å². The van der Waals surface area contributed by atoms with Gasteiger partial charge in [0.15, 0.2) is 0 Å². The van der Waals surface area contributed by atoms with Crippen LogP contribution in [0.4, 0.5) is 5.69 Å². The Morgan fingerprint density at radius 1 is 1.11 bits per heavy atom. The normalized spacial score (nSPS) is 9.50. The first-order valence-electron chi connectivity index (χ1n) is 6.10. The van der Waals surface area contributed by atoms with Crippen molar-refractivity contribution in [3.8, 4) is 24.7 Å². The number of nitrogens with zero attached hydrogens (tertiary/aromatic N) is 1. The molecule has 0 saturated carbocycles. The van der Waals surface area contributed by atoms with Crippen LogP contribution in [-0.4, -0.2) is 19.7 Å². The van der Waals surface area contributed by atoms with Crippen LogP contribution in [0.2, 0.25) is 0 Å². The van der Waals surface area contributed by atoms with E-state index in [-0.39, 0.29) is 0 Å². The number of terminal acetylenes is 2. The Kier molecular flexibility index (Phi) is 6.47. The van der Waals surface area contributed by atoms with Gasteiger partial charge in [0.05, 0.1) is 19.7 Å². The molecule has 0 aliphatic rings. The molecule has 0 spiro atoms. The maximum Gasteiger partial charge on any atom is 0.0801 e. The Bertz CT molecular complexity index is 406. The lowest BCUT2D eigenvalue weighted by atomic mass is 10.2. The van der Waals surface area contributed by atoms with E-state index in [9.17, 15) is 0 Å². The molecule has 0 bridgehead atoms. The fraction of sp³-hybridized carbons (Fsp3) is 0.375. The van der Waals surface area contributed by atoms with Crippen LogP contribution in [0.25, 0.3) is 0 Å². The standard InChI is InChI=1S/C16H19NO/c1-4-11-17(12-5-2)16-9-7-15(8-10-16)14-18-13-6-3/h1-2,7-10H,6,11-14H2,3H3. The van der Waals surface area contributed by atoms with E-state index in [0.29, 0.717) is 19.7 Å². The second kappa shape index (κ2) is 8.23. The van der Waals surface area contributed by atoms with Gasteiger partial charge in [-0.1, -0.05) is 30.9 Å². The van der Waals surface area contributed by atoms with Gasteiger partial charge >= 0.3 is 0 Å². The van der Waals surface area contributed by atoms with Crippen LogP contribution in [0, 0.1) is 24.7 Å². The predicted octanol–water partition coefficient (Wildman–Crippen LogP) is 2.69. The second-order valence-corrected chi connectivity index (χ2v) is 3.98. The van der Waals surface area contributed by atoms with E-state index in [4.69, 9.17) is 17.6 Å². The number of anilines is 1. The van der Waals surface area contributed by atoms with Crippen LogP contribution >= 0.6 is 0 Å². The van der Waals surface area contributed by atoms with Crippen molar-refractivity contribution in [3.63, 3.8) is 0 Å². The minimum Gasteiger partial charge on any atom is -0.377 e. The van der Waals surface area contributed by atoms with Crippen molar-refractivity contribution in [2.24, 2.45) is 0 Å². The van der Waals surface area contributed by atoms with Gasteiger partial charge in [-0.2, -0.15) is 0 Å². The Labute approximate surface area is 110 Å². The molecule has 0 unspecified atom stereocenters. The average Bonchev–Trinajstić information content (AvgIpc) is 2.40. The molecule has 0 atom stereocenters. The van der Waals surface area contributed by atoms with Crippen molar-refractivity contribution < 1.29 is 4.74 Å². The molecule has 0 saturated heterocycles. The van der Waals surface area contributed by atoms with Gasteiger partial charge in [0.2, 0.25) is 0 Å². The summed E-state index contributed by atoms with van der Waals surface area (Å²) in [5, 5.41) is 0. The summed E-state index contributed by atoms with van der Waals surface area (Å²) in [7, 11) is 0. The number of benzene rings is 1. The van der Waals surface area contributed by atoms with E-state index in [1.54, 1.807) is 0 Å². The van der Waals surface area contributed by atoms with Gasteiger partial charge in [-0.05, 0) is 24.1 Å². The predicted molar refractivity (Wildman–Crippen MR) is 76.3 cm³/mol. The second-order valence-electron chi connectivity index (χ2n) is 3.98. The van der Waals surface area contributed by atoms with Gasteiger partial charge in [0.1, 0.15) is 0 Å². The third-order valence-electron chi connectivity index (χ3n) is 2.48. The lowest BCUT2D eigenvalue weighted by Crippen LogP contribution is -2.23. The van der Waals surface area contributed by atoms with Crippen molar-refractivity contribution in [2.75, 3.05) is 24.6 Å². The highest BCUT2D eigenvalue weighted by Crippen LogP contribution is 2.15. The third-order valence-corrected chi connectivity index (χ3v) is 2.48. The number of ether oxygens (including phenoxy) is 1. The minimum absolute atomic E-state index is 0.524. The monoisotopic (exact) mass is 241 g/mol. The van der Waals surface area contributed by atoms with Crippen LogP contribution in [0.5, 0.6) is 0 Å². The molecule has 0 amide bonds. The molecule has 0 aliphatic heterocycles. The summed E-state index contributed by atoms with van der Waals surface area (Å²) in [6, 6.07) is 8.15. The summed E-state index contributed by atoms with van der Waals surface area (Å²) >= 11 is 0. The molecular formula is C16H19NO. The largest absolute Gasteiger partial charge is 0.377 e. The number of hydrogen-bond acceptors (Lipinski definition) is 2. The SMILES string of the molecule is C#CCN(CC#C)c1ccc(COCCC)cc1. The molecule has 2 heteroatoms. The summed E-state index contributed by atoms with van der Waals surface area (Å²) in [6.45, 7) is 4.59. The van der Waals surface area contributed by atoms with Crippen LogP contribution < -0.4 is 4.90 Å². The summed E-state index contributed by atoms with van der Waals surface area (Å²) in [4.78, 5) is 1.98. The van der Waals surface area contributed by atoms with Crippen molar-refractivity contribution >= 4 is 5.69 Å². The Hall–Kier alpha value is -1.90. The lowest BCUT2D eigenvalue weighted by Gasteiger charge is -2.19. The highest BCUT2D eigenvalue weighted by molar-refractivity contribution is 5.49. The number of hydrogen-bond donors (Lipinski definition) is 0. The summed E-state index contributed by atoms with van der Waals surface area (Å²) < 4.78 is 5.49. The first kappa shape index (κ1) is 14.2. The Morgan fingerprint density at radius 3 is 2.22 bits per heavy atom. The average molecular weight is 241 g/mol. The smallest absolute Gasteiger partial charge is 0.0801 e. The molecule has 0 aliphatic carbocycles. The van der Waals surface area contributed by atoms with Gasteiger partial charge in [-0.25, -0.2) is 0 Å². The van der Waals surface area contributed by atoms with E-state index in [1.807, 2.05) is 29.2 Å². The minimum atomic E-state index is 0.524. The van der Waals surface area contributed by atoms with E-state index in [0.717, 1.165) is 24.3 Å². The molecule has 0 N–H and O–H groups in total. The molecule has 0 fully saturated rings. The summed E-state index contributed by atoms with van der Waals surface area (Å²) in [5.41, 5.74) is 2.21. The first-order valence-corrected chi connectivity index (χ1v) is 6.10. The fourth-order valence-corrected chi connectivity index (χ4v) is 1.60. The molecule has 18 heavy (non-hydrogen) atoms. The van der Waals surface area contributed by atoms with Gasteiger partial charge in [-0.15, -0.1) is 12.8 Å². The first-order chi connectivity index (χ1) is 8.81. The van der Waals surface area contributed by atoms with Gasteiger partial charge in [0.25, 0.3) is 0 Å². The molecule has 94 valence electrons. The van der Waals surface area contributed by atoms with Crippen molar-refractivity contribution in [1.82, 2.24) is 0 Å². The van der Waals surface area contributed by atoms with E-state index in [2.05, 4.69) is 18.8 Å². The van der Waals surface area contributed by atoms with Crippen LogP contribution in [0.3, 0.4) is 0 Å². The van der Waals surface area contributed by atoms with Crippen molar-refractivity contribution in [3.05, 3.63) is 29.8 Å². The van der Waals surface area contributed by atoms with E-state index < -0.39 is 0 Å². The zero-order valence-corrected chi connectivity index (χ0v) is 10.9. The molecular weight excluding hydrogens is 222 g/mol. The molecule has 1 aromatic carbocycles. The van der Waals surface area contributed by atoms with Crippen molar-refractivity contribution in [1.29, 1.82) is 0 Å². The highest BCUT2D eigenvalue weighted by atomic mass is 16.5. The molecule has 2 nitrogen and oxygen atoms in total. The molecule has 1 aromatic rings. The zero-order chi connectivity index (χ0) is 13.2. The van der Waals surface area contributed by atoms with Gasteiger partial charge in [0, 0.05) is 12.3 Å². The van der Waals surface area contributed by atoms with E-state index >= 15 is 0 Å². The Morgan fingerprint density at radius 2 is 1.72 bits per heavy atom. The van der Waals surface area contributed by atoms with Crippen LogP contribution in [0.1, 0.15) is 18.9 Å². The van der Waals surface area contributed by atoms with Gasteiger partial charge in [-0.3, -0.25) is 0 Å². The number of rotatable bonds is 7. The van der Waals surface area contributed by atoms with Crippen molar-refractivity contribution in [2.45, 2.75) is 20.0 Å². The lowest BCUT2D eigenvalue weighted by molar-refractivity contribution is 0.121. The van der Waals surface area contributed by atoms with Crippen LogP contribution in [0.15, 0.2) is 24.3 Å². The van der Waals surface area contributed by atoms with Gasteiger partial charge < -0.3 is 9.64 Å². The zero-order valence-electron chi connectivity index (χ0n) is 10.9. The van der Waals surface area contributed by atoms with E-state index in [1.165, 1.54) is 0 Å². The molecule has 0 radical (unpaired) electrons.